The fourth-order valence-electron chi connectivity index (χ4n) is 3.04. The quantitative estimate of drug-likeness (QED) is 0.501. The molecule has 1 amide bonds. The molecule has 4 aromatic rings. The van der Waals surface area contributed by atoms with Gasteiger partial charge in [-0.1, -0.05) is 42.5 Å². The van der Waals surface area contributed by atoms with Crippen molar-refractivity contribution in [3.05, 3.63) is 77.7 Å². The van der Waals surface area contributed by atoms with Crippen LogP contribution in [-0.4, -0.2) is 22.5 Å². The maximum Gasteiger partial charge on any atom is 0.258 e. The fraction of sp³-hybridized carbons (Fsp3) is 0.136. The highest BCUT2D eigenvalue weighted by Crippen LogP contribution is 2.37. The second-order valence-corrected chi connectivity index (χ2v) is 7.36. The summed E-state index contributed by atoms with van der Waals surface area (Å²) in [6.45, 7) is 1.75. The van der Waals surface area contributed by atoms with Gasteiger partial charge in [-0.25, -0.2) is 14.4 Å². The summed E-state index contributed by atoms with van der Waals surface area (Å²) in [6, 6.07) is 15.8. The van der Waals surface area contributed by atoms with E-state index in [-0.39, 0.29) is 24.4 Å². The largest absolute Gasteiger partial charge is 0.467 e. The molecule has 1 atom stereocenters. The summed E-state index contributed by atoms with van der Waals surface area (Å²) >= 11 is 1.44. The molecular weight excluding hydrogens is 389 g/mol. The molecule has 2 aromatic carbocycles. The molecule has 146 valence electrons. The number of nitrogens with zero attached hydrogens (tertiary/aromatic N) is 2. The molecule has 0 saturated heterocycles. The van der Waals surface area contributed by atoms with Crippen molar-refractivity contribution in [2.24, 2.45) is 0 Å². The molecule has 0 bridgehead atoms. The van der Waals surface area contributed by atoms with E-state index in [9.17, 15) is 9.18 Å². The van der Waals surface area contributed by atoms with Crippen molar-refractivity contribution in [1.29, 1.82) is 0 Å². The van der Waals surface area contributed by atoms with Gasteiger partial charge in [0.15, 0.2) is 6.61 Å². The third-order valence-corrected chi connectivity index (χ3v) is 5.39. The third kappa shape index (κ3) is 4.25. The lowest BCUT2D eigenvalue weighted by Crippen LogP contribution is -2.31. The number of rotatable bonds is 6. The number of fused-ring (bicyclic) bond motifs is 1. The van der Waals surface area contributed by atoms with E-state index in [0.717, 1.165) is 21.5 Å². The molecule has 0 radical (unpaired) electrons. The van der Waals surface area contributed by atoms with Gasteiger partial charge in [0, 0.05) is 10.9 Å². The first kappa shape index (κ1) is 19.0. The summed E-state index contributed by atoms with van der Waals surface area (Å²) in [6.07, 6.45) is 1.41. The number of aromatic nitrogens is 2. The number of benzene rings is 2. The van der Waals surface area contributed by atoms with Gasteiger partial charge in [0.25, 0.3) is 5.91 Å². The van der Waals surface area contributed by atoms with Crippen LogP contribution in [0.15, 0.2) is 66.3 Å². The van der Waals surface area contributed by atoms with E-state index in [1.165, 1.54) is 29.8 Å². The van der Waals surface area contributed by atoms with Gasteiger partial charge in [0.2, 0.25) is 5.88 Å². The van der Waals surface area contributed by atoms with Crippen molar-refractivity contribution >= 4 is 27.5 Å². The highest BCUT2D eigenvalue weighted by Gasteiger charge is 2.16. The molecule has 4 rings (SSSR count). The maximum absolute atomic E-state index is 13.3. The number of amides is 1. The average Bonchev–Trinajstić information content (AvgIpc) is 3.18. The molecule has 7 heteroatoms. The molecule has 0 aliphatic carbocycles. The van der Waals surface area contributed by atoms with E-state index in [0.29, 0.717) is 11.3 Å². The maximum atomic E-state index is 13.3. The first-order valence-electron chi connectivity index (χ1n) is 9.07. The topological polar surface area (TPSA) is 64.1 Å². The lowest BCUT2D eigenvalue weighted by atomic mass is 10.1. The number of halogens is 1. The zero-order chi connectivity index (χ0) is 20.2. The Hall–Kier alpha value is -3.32. The molecular formula is C22H18FN3O2S. The van der Waals surface area contributed by atoms with Crippen molar-refractivity contribution in [2.45, 2.75) is 13.0 Å². The number of carbonyl (C=O) groups excluding carboxylic acids is 1. The summed E-state index contributed by atoms with van der Waals surface area (Å²) in [5.41, 5.74) is 2.69. The number of carbonyl (C=O) groups is 1. The number of thiophene rings is 1. The minimum atomic E-state index is -0.301. The zero-order valence-electron chi connectivity index (χ0n) is 15.6. The highest BCUT2D eigenvalue weighted by molar-refractivity contribution is 7.17. The monoisotopic (exact) mass is 407 g/mol. The Balaban J connectivity index is 1.51. The van der Waals surface area contributed by atoms with Crippen LogP contribution in [0.2, 0.25) is 0 Å². The van der Waals surface area contributed by atoms with Crippen LogP contribution in [0.3, 0.4) is 0 Å². The van der Waals surface area contributed by atoms with Crippen molar-refractivity contribution in [3.8, 4) is 17.0 Å². The smallest absolute Gasteiger partial charge is 0.258 e. The van der Waals surface area contributed by atoms with Crippen LogP contribution in [0.5, 0.6) is 5.88 Å². The van der Waals surface area contributed by atoms with Gasteiger partial charge in [0.05, 0.1) is 11.4 Å². The Morgan fingerprint density at radius 1 is 1.14 bits per heavy atom. The molecule has 0 aliphatic rings. The Morgan fingerprint density at radius 2 is 1.90 bits per heavy atom. The molecule has 0 fully saturated rings. The predicted octanol–water partition coefficient (Wildman–Crippen LogP) is 4.75. The van der Waals surface area contributed by atoms with Crippen LogP contribution in [-0.2, 0) is 4.79 Å². The van der Waals surface area contributed by atoms with Gasteiger partial charge in [-0.3, -0.25) is 4.79 Å². The zero-order valence-corrected chi connectivity index (χ0v) is 16.4. The van der Waals surface area contributed by atoms with E-state index in [1.807, 2.05) is 42.6 Å². The van der Waals surface area contributed by atoms with Crippen molar-refractivity contribution in [1.82, 2.24) is 15.3 Å². The average molecular weight is 407 g/mol. The lowest BCUT2D eigenvalue weighted by Gasteiger charge is -2.14. The van der Waals surface area contributed by atoms with E-state index in [2.05, 4.69) is 15.3 Å². The second kappa shape index (κ2) is 8.36. The van der Waals surface area contributed by atoms with E-state index in [4.69, 9.17) is 4.74 Å². The molecule has 5 nitrogen and oxygen atoms in total. The Kier molecular flexibility index (Phi) is 5.48. The van der Waals surface area contributed by atoms with Gasteiger partial charge in [-0.15, -0.1) is 11.3 Å². The van der Waals surface area contributed by atoms with E-state index < -0.39 is 0 Å². The van der Waals surface area contributed by atoms with Crippen molar-refractivity contribution in [2.75, 3.05) is 6.61 Å². The first-order valence-corrected chi connectivity index (χ1v) is 9.95. The number of hydrogen-bond donors (Lipinski definition) is 1. The van der Waals surface area contributed by atoms with Crippen LogP contribution in [0, 0.1) is 5.82 Å². The number of hydrogen-bond acceptors (Lipinski definition) is 5. The van der Waals surface area contributed by atoms with Crippen LogP contribution < -0.4 is 10.1 Å². The third-order valence-electron chi connectivity index (χ3n) is 4.51. The molecule has 1 N–H and O–H groups in total. The Labute approximate surface area is 171 Å². The summed E-state index contributed by atoms with van der Waals surface area (Å²) in [4.78, 5) is 21.6. The summed E-state index contributed by atoms with van der Waals surface area (Å²) < 4.78 is 19.0. The van der Waals surface area contributed by atoms with Crippen LogP contribution in [0.1, 0.15) is 18.5 Å². The molecule has 29 heavy (non-hydrogen) atoms. The Bertz CT molecular complexity index is 1130. The molecule has 2 aromatic heterocycles. The van der Waals surface area contributed by atoms with Crippen LogP contribution in [0.25, 0.3) is 21.3 Å². The summed E-state index contributed by atoms with van der Waals surface area (Å²) in [5.74, 6) is -0.213. The van der Waals surface area contributed by atoms with Gasteiger partial charge in [-0.2, -0.15) is 0 Å². The van der Waals surface area contributed by atoms with Gasteiger partial charge >= 0.3 is 0 Å². The highest BCUT2D eigenvalue weighted by atomic mass is 32.1. The molecule has 0 spiro atoms. The van der Waals surface area contributed by atoms with Gasteiger partial charge in [0.1, 0.15) is 17.0 Å². The molecule has 0 aliphatic heterocycles. The first-order chi connectivity index (χ1) is 14.1. The van der Waals surface area contributed by atoms with Crippen LogP contribution >= 0.6 is 11.3 Å². The minimum Gasteiger partial charge on any atom is -0.467 e. The summed E-state index contributed by atoms with van der Waals surface area (Å²) in [5, 5.41) is 5.56. The molecule has 0 unspecified atom stereocenters. The standard InChI is InChI=1S/C22H18FN3O2S/c1-14(15-5-3-2-4-6-15)26-19(27)11-28-21-20-18(12-29-22(20)25-13-24-21)16-7-9-17(23)10-8-16/h2-10,12-14H,11H2,1H3,(H,26,27)/t14-/m0/s1. The number of ether oxygens (including phenoxy) is 1. The fourth-order valence-corrected chi connectivity index (χ4v) is 3.95. The van der Waals surface area contributed by atoms with Crippen LogP contribution in [0.4, 0.5) is 4.39 Å². The molecule has 0 saturated carbocycles. The van der Waals surface area contributed by atoms with Crippen molar-refractivity contribution in [3.63, 3.8) is 0 Å². The Morgan fingerprint density at radius 3 is 2.66 bits per heavy atom. The predicted molar refractivity (Wildman–Crippen MR) is 111 cm³/mol. The molecule has 2 heterocycles. The van der Waals surface area contributed by atoms with Gasteiger partial charge < -0.3 is 10.1 Å². The van der Waals surface area contributed by atoms with E-state index in [1.54, 1.807) is 12.1 Å². The lowest BCUT2D eigenvalue weighted by molar-refractivity contribution is -0.123. The summed E-state index contributed by atoms with van der Waals surface area (Å²) in [7, 11) is 0. The van der Waals surface area contributed by atoms with Crippen molar-refractivity contribution < 1.29 is 13.9 Å². The SMILES string of the molecule is C[C@H](NC(=O)COc1ncnc2scc(-c3ccc(F)cc3)c12)c1ccccc1. The number of nitrogens with one attached hydrogen (secondary N) is 1. The second-order valence-electron chi connectivity index (χ2n) is 6.50. The van der Waals surface area contributed by atoms with E-state index >= 15 is 0 Å². The minimum absolute atomic E-state index is 0.131. The normalized spacial score (nSPS) is 11.9. The van der Waals surface area contributed by atoms with Gasteiger partial charge in [-0.05, 0) is 30.2 Å².